The van der Waals surface area contributed by atoms with Gasteiger partial charge in [0, 0.05) is 25.7 Å². The summed E-state index contributed by atoms with van der Waals surface area (Å²) in [5.41, 5.74) is 1.67. The van der Waals surface area contributed by atoms with Gasteiger partial charge in [0.2, 0.25) is 5.43 Å². The summed E-state index contributed by atoms with van der Waals surface area (Å²) in [6.07, 6.45) is 1.26. The van der Waals surface area contributed by atoms with E-state index in [2.05, 4.69) is 0 Å². The number of nitrogens with zero attached hydrogens (tertiary/aromatic N) is 2. The number of benzene rings is 3. The van der Waals surface area contributed by atoms with Gasteiger partial charge in [-0.2, -0.15) is 0 Å². The van der Waals surface area contributed by atoms with Crippen molar-refractivity contribution in [3.8, 4) is 5.75 Å². The highest BCUT2D eigenvalue weighted by Crippen LogP contribution is 2.35. The van der Waals surface area contributed by atoms with E-state index in [1.807, 2.05) is 91.0 Å². The van der Waals surface area contributed by atoms with Crippen LogP contribution in [0.4, 0.5) is 0 Å². The van der Waals surface area contributed by atoms with Crippen LogP contribution in [0, 0.1) is 0 Å². The van der Waals surface area contributed by atoms with Gasteiger partial charge < -0.3 is 19.3 Å². The maximum Gasteiger partial charge on any atom is 0.341 e. The van der Waals surface area contributed by atoms with Crippen LogP contribution in [-0.2, 0) is 13.2 Å². The standard InChI is InChI=1S/C30H26N2O5/c1-31-24(25(21-13-7-3-8-14-21)22-15-9-4-10-16-22)18-32-17-23(30(35)36)27(33)28(26(32)29(31)34)37-19-20-11-5-2-6-12-20/h2-17,24-25H,18-19H2,1H3,(H,35,36)/t24-/m0/s1. The number of hydrogen-bond acceptors (Lipinski definition) is 4. The first-order valence-corrected chi connectivity index (χ1v) is 12.0. The van der Waals surface area contributed by atoms with Crippen molar-refractivity contribution in [2.75, 3.05) is 7.05 Å². The van der Waals surface area contributed by atoms with Crippen LogP contribution in [0.1, 0.15) is 43.5 Å². The summed E-state index contributed by atoms with van der Waals surface area (Å²) in [5.74, 6) is -2.18. The maximum absolute atomic E-state index is 13.8. The van der Waals surface area contributed by atoms with E-state index in [1.165, 1.54) is 6.20 Å². The molecule has 7 heteroatoms. The van der Waals surface area contributed by atoms with E-state index in [0.717, 1.165) is 16.7 Å². The Kier molecular flexibility index (Phi) is 6.60. The van der Waals surface area contributed by atoms with Gasteiger partial charge in [-0.3, -0.25) is 9.59 Å². The molecule has 1 aliphatic rings. The number of fused-ring (bicyclic) bond motifs is 1. The van der Waals surface area contributed by atoms with E-state index >= 15 is 0 Å². The molecule has 2 heterocycles. The number of carboxylic acid groups (broad SMARTS) is 1. The zero-order chi connectivity index (χ0) is 25.9. The van der Waals surface area contributed by atoms with Crippen molar-refractivity contribution < 1.29 is 19.4 Å². The first-order chi connectivity index (χ1) is 18.0. The van der Waals surface area contributed by atoms with E-state index in [0.29, 0.717) is 0 Å². The molecule has 0 aliphatic carbocycles. The second-order valence-corrected chi connectivity index (χ2v) is 9.06. The largest absolute Gasteiger partial charge is 0.483 e. The number of pyridine rings is 1. The molecule has 5 rings (SSSR count). The highest BCUT2D eigenvalue weighted by Gasteiger charge is 2.39. The van der Waals surface area contributed by atoms with Crippen molar-refractivity contribution in [1.29, 1.82) is 0 Å². The molecule has 4 aromatic rings. The Balaban J connectivity index is 1.61. The Morgan fingerprint density at radius 3 is 2.00 bits per heavy atom. The van der Waals surface area contributed by atoms with Gasteiger partial charge in [-0.05, 0) is 16.7 Å². The lowest BCUT2D eigenvalue weighted by molar-refractivity contribution is 0.0615. The van der Waals surface area contributed by atoms with Crippen molar-refractivity contribution in [1.82, 2.24) is 9.47 Å². The third-order valence-electron chi connectivity index (χ3n) is 6.80. The van der Waals surface area contributed by atoms with E-state index in [1.54, 1.807) is 16.5 Å². The van der Waals surface area contributed by atoms with Gasteiger partial charge in [-0.1, -0.05) is 91.0 Å². The molecule has 0 saturated heterocycles. The molecular weight excluding hydrogens is 468 g/mol. The Bertz CT molecular complexity index is 1440. The fourth-order valence-electron chi connectivity index (χ4n) is 4.95. The summed E-state index contributed by atoms with van der Waals surface area (Å²) in [6.45, 7) is 0.317. The predicted octanol–water partition coefficient (Wildman–Crippen LogP) is 4.41. The van der Waals surface area contributed by atoms with Gasteiger partial charge in [0.15, 0.2) is 11.4 Å². The van der Waals surface area contributed by atoms with Crippen molar-refractivity contribution in [3.05, 3.63) is 135 Å². The Morgan fingerprint density at radius 2 is 1.46 bits per heavy atom. The normalized spacial score (nSPS) is 14.9. The minimum absolute atomic E-state index is 0.0310. The average Bonchev–Trinajstić information content (AvgIpc) is 2.92. The van der Waals surface area contributed by atoms with Gasteiger partial charge in [0.05, 0.1) is 6.04 Å². The fourth-order valence-corrected chi connectivity index (χ4v) is 4.95. The lowest BCUT2D eigenvalue weighted by Crippen LogP contribution is -2.50. The topological polar surface area (TPSA) is 88.8 Å². The third-order valence-corrected chi connectivity index (χ3v) is 6.80. The third kappa shape index (κ3) is 4.63. The van der Waals surface area contributed by atoms with Crippen LogP contribution in [-0.4, -0.2) is 39.5 Å². The fraction of sp³-hybridized carbons (Fsp3) is 0.167. The molecule has 37 heavy (non-hydrogen) atoms. The minimum atomic E-state index is -1.37. The second kappa shape index (κ2) is 10.1. The number of amides is 1. The number of aromatic carboxylic acids is 1. The molecule has 0 fully saturated rings. The number of ether oxygens (including phenoxy) is 1. The van der Waals surface area contributed by atoms with Crippen molar-refractivity contribution in [2.45, 2.75) is 25.1 Å². The number of rotatable bonds is 7. The molecule has 7 nitrogen and oxygen atoms in total. The molecule has 0 spiro atoms. The lowest BCUT2D eigenvalue weighted by Gasteiger charge is -2.40. The molecule has 0 bridgehead atoms. The molecule has 3 aromatic carbocycles. The van der Waals surface area contributed by atoms with E-state index in [9.17, 15) is 19.5 Å². The van der Waals surface area contributed by atoms with Crippen molar-refractivity contribution >= 4 is 11.9 Å². The molecule has 1 amide bonds. The zero-order valence-electron chi connectivity index (χ0n) is 20.3. The number of hydrogen-bond donors (Lipinski definition) is 1. The highest BCUT2D eigenvalue weighted by atomic mass is 16.5. The molecular formula is C30H26N2O5. The van der Waals surface area contributed by atoms with Crippen LogP contribution in [0.2, 0.25) is 0 Å². The minimum Gasteiger partial charge on any atom is -0.483 e. The summed E-state index contributed by atoms with van der Waals surface area (Å²) in [5, 5.41) is 9.76. The molecule has 1 N–H and O–H groups in total. The van der Waals surface area contributed by atoms with Crippen LogP contribution >= 0.6 is 0 Å². The molecule has 0 radical (unpaired) electrons. The van der Waals surface area contributed by atoms with Gasteiger partial charge in [-0.15, -0.1) is 0 Å². The smallest absolute Gasteiger partial charge is 0.341 e. The van der Waals surface area contributed by atoms with E-state index < -0.39 is 22.9 Å². The van der Waals surface area contributed by atoms with Crippen LogP contribution in [0.25, 0.3) is 0 Å². The summed E-state index contributed by atoms with van der Waals surface area (Å²) >= 11 is 0. The molecule has 0 unspecified atom stereocenters. The lowest BCUT2D eigenvalue weighted by atomic mass is 9.83. The van der Waals surface area contributed by atoms with Gasteiger partial charge in [0.25, 0.3) is 5.91 Å². The average molecular weight is 495 g/mol. The number of aromatic nitrogens is 1. The monoisotopic (exact) mass is 494 g/mol. The van der Waals surface area contributed by atoms with Gasteiger partial charge in [0.1, 0.15) is 12.2 Å². The Morgan fingerprint density at radius 1 is 0.919 bits per heavy atom. The first-order valence-electron chi connectivity index (χ1n) is 12.0. The number of carbonyl (C=O) groups excluding carboxylic acids is 1. The first kappa shape index (κ1) is 24.1. The van der Waals surface area contributed by atoms with Gasteiger partial charge in [-0.25, -0.2) is 4.79 Å². The number of likely N-dealkylation sites (N-methyl/N-ethyl adjacent to an activating group) is 1. The molecule has 1 aliphatic heterocycles. The Labute approximate surface area is 214 Å². The summed E-state index contributed by atoms with van der Waals surface area (Å²) in [7, 11) is 1.71. The number of carboxylic acids is 1. The SMILES string of the molecule is CN1C(=O)c2c(OCc3ccccc3)c(=O)c(C(=O)O)cn2C[C@H]1C(c1ccccc1)c1ccccc1. The van der Waals surface area contributed by atoms with Crippen molar-refractivity contribution in [3.63, 3.8) is 0 Å². The van der Waals surface area contributed by atoms with Crippen LogP contribution in [0.5, 0.6) is 5.75 Å². The maximum atomic E-state index is 13.8. The van der Waals surface area contributed by atoms with E-state index in [-0.39, 0.29) is 36.6 Å². The summed E-state index contributed by atoms with van der Waals surface area (Å²) in [4.78, 5) is 40.5. The van der Waals surface area contributed by atoms with Crippen LogP contribution in [0.3, 0.4) is 0 Å². The molecule has 1 aromatic heterocycles. The molecule has 1 atom stereocenters. The zero-order valence-corrected chi connectivity index (χ0v) is 20.3. The summed E-state index contributed by atoms with van der Waals surface area (Å²) in [6, 6.07) is 28.7. The molecule has 186 valence electrons. The second-order valence-electron chi connectivity index (χ2n) is 9.06. The Hall–Kier alpha value is -4.65. The summed E-state index contributed by atoms with van der Waals surface area (Å²) < 4.78 is 7.42. The number of carbonyl (C=O) groups is 2. The molecule has 0 saturated carbocycles. The predicted molar refractivity (Wildman–Crippen MR) is 139 cm³/mol. The highest BCUT2D eigenvalue weighted by molar-refractivity contribution is 5.97. The quantitative estimate of drug-likeness (QED) is 0.411. The van der Waals surface area contributed by atoms with Gasteiger partial charge >= 0.3 is 5.97 Å². The van der Waals surface area contributed by atoms with Crippen molar-refractivity contribution in [2.24, 2.45) is 0 Å². The van der Waals surface area contributed by atoms with Crippen LogP contribution in [0.15, 0.2) is 102 Å². The van der Waals surface area contributed by atoms with E-state index in [4.69, 9.17) is 4.74 Å². The van der Waals surface area contributed by atoms with Crippen LogP contribution < -0.4 is 10.2 Å².